The molecule has 4 aromatic rings. The number of halogens is 2. The molecule has 134 valence electrons. The molecule has 1 N–H and O–H groups in total. The number of rotatable bonds is 4. The van der Waals surface area contributed by atoms with E-state index in [1.165, 1.54) is 24.3 Å². The maximum absolute atomic E-state index is 15.0. The van der Waals surface area contributed by atoms with Crippen molar-refractivity contribution >= 4 is 27.3 Å². The highest BCUT2D eigenvalue weighted by Crippen LogP contribution is 2.41. The number of carbonyl (C=O) groups excluding carboxylic acids is 1. The van der Waals surface area contributed by atoms with Gasteiger partial charge in [0, 0.05) is 11.1 Å². The molecule has 4 rings (SSSR count). The molecule has 0 saturated carbocycles. The van der Waals surface area contributed by atoms with E-state index in [1.807, 2.05) is 6.07 Å². The first-order valence-electron chi connectivity index (χ1n) is 8.56. The average Bonchev–Trinajstić information content (AvgIpc) is 2.71. The number of aliphatic hydroxyl groups excluding tert-OH is 1. The van der Waals surface area contributed by atoms with Crippen LogP contribution in [0.4, 0.5) is 8.78 Å². The van der Waals surface area contributed by atoms with E-state index in [0.29, 0.717) is 10.8 Å². The fraction of sp³-hybridized carbons (Fsp3) is 0.0870. The Labute approximate surface area is 154 Å². The van der Waals surface area contributed by atoms with E-state index < -0.39 is 17.8 Å². The number of ketones is 1. The topological polar surface area (TPSA) is 37.3 Å². The van der Waals surface area contributed by atoms with E-state index in [1.54, 1.807) is 54.6 Å². The summed E-state index contributed by atoms with van der Waals surface area (Å²) in [5.41, 5.74) is -0.0657. The van der Waals surface area contributed by atoms with E-state index in [2.05, 4.69) is 0 Å². The number of carbonyl (C=O) groups is 1. The number of Topliss-reactive ketones (excluding diaryl/α,β-unsaturated/α-hetero) is 1. The first kappa shape index (κ1) is 17.3. The molecule has 27 heavy (non-hydrogen) atoms. The van der Waals surface area contributed by atoms with Crippen LogP contribution in [-0.2, 0) is 0 Å². The third-order valence-electron chi connectivity index (χ3n) is 4.77. The van der Waals surface area contributed by atoms with Crippen LogP contribution in [0.15, 0.2) is 84.9 Å². The average molecular weight is 362 g/mol. The van der Waals surface area contributed by atoms with E-state index in [9.17, 15) is 9.90 Å². The normalized spacial score (nSPS) is 13.0. The predicted octanol–water partition coefficient (Wildman–Crippen LogP) is 5.54. The molecule has 2 nitrogen and oxygen atoms in total. The number of aliphatic hydroxyl groups is 1. The van der Waals surface area contributed by atoms with Crippen LogP contribution in [-0.4, -0.2) is 16.8 Å². The molecule has 0 fully saturated rings. The summed E-state index contributed by atoms with van der Waals surface area (Å²) in [6, 6.07) is 23.2. The van der Waals surface area contributed by atoms with Crippen LogP contribution in [0.3, 0.4) is 0 Å². The van der Waals surface area contributed by atoms with Crippen LogP contribution >= 0.6 is 0 Å². The molecule has 0 spiro atoms. The molecule has 0 saturated heterocycles. The van der Waals surface area contributed by atoms with E-state index in [4.69, 9.17) is 0 Å². The van der Waals surface area contributed by atoms with Gasteiger partial charge >= 0.3 is 5.92 Å². The highest BCUT2D eigenvalue weighted by Gasteiger charge is 2.48. The Kier molecular flexibility index (Phi) is 4.21. The lowest BCUT2D eigenvalue weighted by atomic mass is 9.88. The molecule has 0 amide bonds. The first-order chi connectivity index (χ1) is 13.0. The number of alkyl halides is 2. The van der Waals surface area contributed by atoms with E-state index in [-0.39, 0.29) is 11.1 Å². The van der Waals surface area contributed by atoms with Gasteiger partial charge in [0.1, 0.15) is 0 Å². The van der Waals surface area contributed by atoms with Gasteiger partial charge in [0.15, 0.2) is 6.10 Å². The fourth-order valence-electron chi connectivity index (χ4n) is 3.43. The van der Waals surface area contributed by atoms with E-state index >= 15 is 8.78 Å². The van der Waals surface area contributed by atoms with Crippen molar-refractivity contribution in [2.24, 2.45) is 0 Å². The minimum atomic E-state index is -3.96. The zero-order chi connectivity index (χ0) is 19.0. The van der Waals surface area contributed by atoms with Crippen molar-refractivity contribution in [2.75, 3.05) is 0 Å². The van der Waals surface area contributed by atoms with Gasteiger partial charge in [0.05, 0.1) is 0 Å². The Balaban J connectivity index is 1.93. The van der Waals surface area contributed by atoms with Gasteiger partial charge in [0.2, 0.25) is 5.78 Å². The SMILES string of the molecule is O=C(c1ccccc1)C(F)(F)[C@H](O)c1c2ccccc2cc2ccccc12. The van der Waals surface area contributed by atoms with Crippen molar-refractivity contribution in [3.05, 3.63) is 96.1 Å². The second-order valence-electron chi connectivity index (χ2n) is 6.45. The molecule has 0 heterocycles. The minimum absolute atomic E-state index is 0.0676. The van der Waals surface area contributed by atoms with Gasteiger partial charge in [-0.15, -0.1) is 0 Å². The summed E-state index contributed by atoms with van der Waals surface area (Å²) in [4.78, 5) is 12.4. The summed E-state index contributed by atoms with van der Waals surface area (Å²) in [5, 5.41) is 13.2. The highest BCUT2D eigenvalue weighted by atomic mass is 19.3. The van der Waals surface area contributed by atoms with Crippen molar-refractivity contribution < 1.29 is 18.7 Å². The molecule has 0 aliphatic carbocycles. The zero-order valence-corrected chi connectivity index (χ0v) is 14.3. The Bertz CT molecular complexity index is 1080. The predicted molar refractivity (Wildman–Crippen MR) is 102 cm³/mol. The number of hydrogen-bond acceptors (Lipinski definition) is 2. The van der Waals surface area contributed by atoms with Gasteiger partial charge in [-0.1, -0.05) is 78.9 Å². The molecule has 0 aliphatic rings. The molecule has 0 aliphatic heterocycles. The van der Waals surface area contributed by atoms with Crippen LogP contribution in [0.1, 0.15) is 22.0 Å². The molecule has 1 atom stereocenters. The van der Waals surface area contributed by atoms with Crippen LogP contribution < -0.4 is 0 Å². The maximum atomic E-state index is 15.0. The van der Waals surface area contributed by atoms with Crippen molar-refractivity contribution in [3.63, 3.8) is 0 Å². The Hall–Kier alpha value is -3.11. The van der Waals surface area contributed by atoms with Gasteiger partial charge in [-0.3, -0.25) is 4.79 Å². The van der Waals surface area contributed by atoms with Crippen molar-refractivity contribution in [1.82, 2.24) is 0 Å². The number of fused-ring (bicyclic) bond motifs is 2. The Morgan fingerprint density at radius 1 is 0.778 bits per heavy atom. The third kappa shape index (κ3) is 2.88. The van der Waals surface area contributed by atoms with Crippen LogP contribution in [0, 0.1) is 0 Å². The van der Waals surface area contributed by atoms with Gasteiger partial charge in [-0.25, -0.2) is 0 Å². The second-order valence-corrected chi connectivity index (χ2v) is 6.45. The zero-order valence-electron chi connectivity index (χ0n) is 14.3. The quantitative estimate of drug-likeness (QED) is 0.382. The number of benzene rings is 4. The van der Waals surface area contributed by atoms with Gasteiger partial charge < -0.3 is 5.11 Å². The van der Waals surface area contributed by atoms with Gasteiger partial charge in [0.25, 0.3) is 0 Å². The Morgan fingerprint density at radius 3 is 1.81 bits per heavy atom. The summed E-state index contributed by atoms with van der Waals surface area (Å²) in [5.74, 6) is -5.36. The van der Waals surface area contributed by atoms with E-state index in [0.717, 1.165) is 10.8 Å². The number of hydrogen-bond donors (Lipinski definition) is 1. The van der Waals surface area contributed by atoms with Gasteiger partial charge in [-0.05, 0) is 27.6 Å². The summed E-state index contributed by atoms with van der Waals surface area (Å²) in [6.45, 7) is 0. The lowest BCUT2D eigenvalue weighted by Crippen LogP contribution is -2.36. The van der Waals surface area contributed by atoms with Crippen molar-refractivity contribution in [2.45, 2.75) is 12.0 Å². The lowest BCUT2D eigenvalue weighted by Gasteiger charge is -2.24. The third-order valence-corrected chi connectivity index (χ3v) is 4.77. The molecule has 0 bridgehead atoms. The maximum Gasteiger partial charge on any atom is 0.339 e. The van der Waals surface area contributed by atoms with Crippen LogP contribution in [0.25, 0.3) is 21.5 Å². The molecule has 0 unspecified atom stereocenters. The molecule has 0 radical (unpaired) electrons. The molecular weight excluding hydrogens is 346 g/mol. The summed E-state index contributed by atoms with van der Waals surface area (Å²) < 4.78 is 30.1. The smallest absolute Gasteiger partial charge is 0.339 e. The summed E-state index contributed by atoms with van der Waals surface area (Å²) in [7, 11) is 0. The summed E-state index contributed by atoms with van der Waals surface area (Å²) in [6.07, 6.45) is -2.26. The molecule has 0 aromatic heterocycles. The standard InChI is InChI=1S/C23H16F2O2/c24-23(25,21(26)15-8-2-1-3-9-15)22(27)20-18-12-6-4-10-16(18)14-17-11-5-7-13-19(17)20/h1-14,22,27H/t22-/m1/s1. The van der Waals surface area contributed by atoms with Crippen LogP contribution in [0.5, 0.6) is 0 Å². The second kappa shape index (κ2) is 6.56. The largest absolute Gasteiger partial charge is 0.381 e. The molecule has 4 aromatic carbocycles. The fourth-order valence-corrected chi connectivity index (χ4v) is 3.43. The Morgan fingerprint density at radius 2 is 1.26 bits per heavy atom. The minimum Gasteiger partial charge on any atom is -0.381 e. The molecular formula is C23H16F2O2. The summed E-state index contributed by atoms with van der Waals surface area (Å²) >= 11 is 0. The monoisotopic (exact) mass is 362 g/mol. The molecule has 4 heteroatoms. The van der Waals surface area contributed by atoms with Crippen LogP contribution in [0.2, 0.25) is 0 Å². The van der Waals surface area contributed by atoms with Gasteiger partial charge in [-0.2, -0.15) is 8.78 Å². The lowest BCUT2D eigenvalue weighted by molar-refractivity contribution is -0.0781. The van der Waals surface area contributed by atoms with Crippen molar-refractivity contribution in [3.8, 4) is 0 Å². The van der Waals surface area contributed by atoms with Crippen molar-refractivity contribution in [1.29, 1.82) is 0 Å². The first-order valence-corrected chi connectivity index (χ1v) is 8.56. The highest BCUT2D eigenvalue weighted by molar-refractivity contribution is 6.05.